The van der Waals surface area contributed by atoms with Crippen LogP contribution < -0.4 is 10.5 Å². The molecule has 0 aliphatic rings. The molecule has 0 saturated carbocycles. The first-order chi connectivity index (χ1) is 9.53. The van der Waals surface area contributed by atoms with E-state index in [1.165, 1.54) is 0 Å². The molecular weight excluding hydrogens is 276 g/mol. The van der Waals surface area contributed by atoms with Gasteiger partial charge in [-0.2, -0.15) is 0 Å². The molecule has 0 unspecified atom stereocenters. The van der Waals surface area contributed by atoms with Gasteiger partial charge in [0, 0.05) is 26.3 Å². The number of nitrogens with two attached hydrogens (primary N) is 1. The molecule has 0 bridgehead atoms. The fraction of sp³-hybridized carbons (Fsp3) is 0.571. The summed E-state index contributed by atoms with van der Waals surface area (Å²) < 4.78 is 32.3. The third-order valence-electron chi connectivity index (χ3n) is 3.01. The quantitative estimate of drug-likeness (QED) is 0.678. The molecular formula is C14H24N2O3S. The monoisotopic (exact) mass is 300 g/mol. The SMILES string of the molecule is CCCOCCCNS(=O)(=O)c1cccc(CN)c1C. The molecule has 114 valence electrons. The summed E-state index contributed by atoms with van der Waals surface area (Å²) >= 11 is 0. The van der Waals surface area contributed by atoms with Crippen LogP contribution in [-0.2, 0) is 21.3 Å². The van der Waals surface area contributed by atoms with Gasteiger partial charge in [-0.05, 0) is 37.0 Å². The third-order valence-corrected chi connectivity index (χ3v) is 4.62. The van der Waals surface area contributed by atoms with Crippen LogP contribution >= 0.6 is 0 Å². The second-order valence-corrected chi connectivity index (χ2v) is 6.34. The minimum Gasteiger partial charge on any atom is -0.381 e. The molecule has 20 heavy (non-hydrogen) atoms. The van der Waals surface area contributed by atoms with Gasteiger partial charge < -0.3 is 10.5 Å². The van der Waals surface area contributed by atoms with Gasteiger partial charge in [0.1, 0.15) is 0 Å². The highest BCUT2D eigenvalue weighted by atomic mass is 32.2. The molecule has 6 heteroatoms. The average molecular weight is 300 g/mol. The van der Waals surface area contributed by atoms with Crippen LogP contribution in [0.5, 0.6) is 0 Å². The summed E-state index contributed by atoms with van der Waals surface area (Å²) in [5, 5.41) is 0. The summed E-state index contributed by atoms with van der Waals surface area (Å²) in [6.45, 7) is 5.80. The van der Waals surface area contributed by atoms with Gasteiger partial charge in [-0.15, -0.1) is 0 Å². The Labute approximate surface area is 121 Å². The molecule has 0 saturated heterocycles. The van der Waals surface area contributed by atoms with Crippen molar-refractivity contribution >= 4 is 10.0 Å². The van der Waals surface area contributed by atoms with Crippen molar-refractivity contribution in [2.75, 3.05) is 19.8 Å². The van der Waals surface area contributed by atoms with Gasteiger partial charge in [-0.1, -0.05) is 19.1 Å². The maximum absolute atomic E-state index is 12.2. The van der Waals surface area contributed by atoms with Gasteiger partial charge in [0.05, 0.1) is 4.90 Å². The largest absolute Gasteiger partial charge is 0.381 e. The predicted octanol–water partition coefficient (Wildman–Crippen LogP) is 1.55. The Bertz CT molecular complexity index is 515. The van der Waals surface area contributed by atoms with Crippen molar-refractivity contribution < 1.29 is 13.2 Å². The van der Waals surface area contributed by atoms with Crippen LogP contribution in [0, 0.1) is 6.92 Å². The van der Waals surface area contributed by atoms with E-state index in [9.17, 15) is 8.42 Å². The average Bonchev–Trinajstić information content (AvgIpc) is 2.42. The Morgan fingerprint density at radius 3 is 2.70 bits per heavy atom. The van der Waals surface area contributed by atoms with E-state index >= 15 is 0 Å². The maximum Gasteiger partial charge on any atom is 0.240 e. The number of benzene rings is 1. The minimum atomic E-state index is -3.48. The Morgan fingerprint density at radius 2 is 2.05 bits per heavy atom. The van der Waals surface area contributed by atoms with E-state index in [1.807, 2.05) is 13.0 Å². The summed E-state index contributed by atoms with van der Waals surface area (Å²) in [5.74, 6) is 0. The first-order valence-electron chi connectivity index (χ1n) is 6.89. The second-order valence-electron chi connectivity index (χ2n) is 4.61. The van der Waals surface area contributed by atoms with Crippen LogP contribution in [-0.4, -0.2) is 28.2 Å². The molecule has 3 N–H and O–H groups in total. The highest BCUT2D eigenvalue weighted by Gasteiger charge is 2.17. The van der Waals surface area contributed by atoms with Crippen LogP contribution in [0.15, 0.2) is 23.1 Å². The lowest BCUT2D eigenvalue weighted by molar-refractivity contribution is 0.133. The number of hydrogen-bond acceptors (Lipinski definition) is 4. The van der Waals surface area contributed by atoms with Crippen LogP contribution in [0.4, 0.5) is 0 Å². The van der Waals surface area contributed by atoms with Crippen LogP contribution in [0.25, 0.3) is 0 Å². The van der Waals surface area contributed by atoms with E-state index < -0.39 is 10.0 Å². The zero-order chi connectivity index (χ0) is 15.0. The van der Waals surface area contributed by atoms with E-state index in [1.54, 1.807) is 19.1 Å². The molecule has 0 amide bonds. The number of ether oxygens (including phenoxy) is 1. The lowest BCUT2D eigenvalue weighted by atomic mass is 10.1. The predicted molar refractivity (Wildman–Crippen MR) is 80.0 cm³/mol. The van der Waals surface area contributed by atoms with E-state index in [-0.39, 0.29) is 0 Å². The van der Waals surface area contributed by atoms with E-state index in [4.69, 9.17) is 10.5 Å². The van der Waals surface area contributed by atoms with Gasteiger partial charge >= 0.3 is 0 Å². The van der Waals surface area contributed by atoms with Gasteiger partial charge in [0.15, 0.2) is 0 Å². The molecule has 1 aromatic carbocycles. The molecule has 0 aromatic heterocycles. The summed E-state index contributed by atoms with van der Waals surface area (Å²) in [5.41, 5.74) is 7.16. The molecule has 0 aliphatic heterocycles. The molecule has 0 aliphatic carbocycles. The van der Waals surface area contributed by atoms with E-state index in [2.05, 4.69) is 4.72 Å². The highest BCUT2D eigenvalue weighted by molar-refractivity contribution is 7.89. The van der Waals surface area contributed by atoms with Gasteiger partial charge in [0.2, 0.25) is 10.0 Å². The highest BCUT2D eigenvalue weighted by Crippen LogP contribution is 2.18. The van der Waals surface area contributed by atoms with Gasteiger partial charge in [-0.3, -0.25) is 0 Å². The number of sulfonamides is 1. The van der Waals surface area contributed by atoms with Crippen LogP contribution in [0.1, 0.15) is 30.9 Å². The fourth-order valence-corrected chi connectivity index (χ4v) is 3.24. The standard InChI is InChI=1S/C14H24N2O3S/c1-3-9-19-10-5-8-16-20(17,18)14-7-4-6-13(11-15)12(14)2/h4,6-7,16H,3,5,8-11,15H2,1-2H3. The van der Waals surface area contributed by atoms with Crippen molar-refractivity contribution in [3.05, 3.63) is 29.3 Å². The summed E-state index contributed by atoms with van der Waals surface area (Å²) in [6, 6.07) is 5.16. The number of hydrogen-bond donors (Lipinski definition) is 2. The lowest BCUT2D eigenvalue weighted by Crippen LogP contribution is -2.26. The third kappa shape index (κ3) is 4.86. The van der Waals surface area contributed by atoms with Crippen molar-refractivity contribution in [2.24, 2.45) is 5.73 Å². The zero-order valence-corrected chi connectivity index (χ0v) is 13.0. The first kappa shape index (κ1) is 17.1. The number of nitrogens with one attached hydrogen (secondary N) is 1. The van der Waals surface area contributed by atoms with Crippen LogP contribution in [0.2, 0.25) is 0 Å². The summed E-state index contributed by atoms with van der Waals surface area (Å²) in [6.07, 6.45) is 1.63. The van der Waals surface area contributed by atoms with Crippen LogP contribution in [0.3, 0.4) is 0 Å². The van der Waals surface area contributed by atoms with E-state index in [0.29, 0.717) is 43.2 Å². The maximum atomic E-state index is 12.2. The molecule has 0 atom stereocenters. The van der Waals surface area contributed by atoms with E-state index in [0.717, 1.165) is 12.0 Å². The molecule has 1 aromatic rings. The van der Waals surface area contributed by atoms with Crippen molar-refractivity contribution in [3.8, 4) is 0 Å². The van der Waals surface area contributed by atoms with Crippen molar-refractivity contribution in [3.63, 3.8) is 0 Å². The molecule has 0 fully saturated rings. The van der Waals surface area contributed by atoms with Gasteiger partial charge in [-0.25, -0.2) is 13.1 Å². The Balaban J connectivity index is 2.61. The summed E-state index contributed by atoms with van der Waals surface area (Å²) in [4.78, 5) is 0.301. The normalized spacial score (nSPS) is 11.8. The lowest BCUT2D eigenvalue weighted by Gasteiger charge is -2.12. The Morgan fingerprint density at radius 1 is 1.30 bits per heavy atom. The molecule has 0 spiro atoms. The van der Waals surface area contributed by atoms with Crippen molar-refractivity contribution in [1.82, 2.24) is 4.72 Å². The number of rotatable bonds is 9. The molecule has 0 radical (unpaired) electrons. The molecule has 0 heterocycles. The molecule has 1 rings (SSSR count). The Hall–Kier alpha value is -0.950. The Kier molecular flexibility index (Phi) is 7.15. The minimum absolute atomic E-state index is 0.301. The fourth-order valence-electron chi connectivity index (χ4n) is 1.88. The van der Waals surface area contributed by atoms with Crippen molar-refractivity contribution in [1.29, 1.82) is 0 Å². The molecule has 5 nitrogen and oxygen atoms in total. The zero-order valence-electron chi connectivity index (χ0n) is 12.2. The van der Waals surface area contributed by atoms with Crippen molar-refractivity contribution in [2.45, 2.75) is 38.1 Å². The summed E-state index contributed by atoms with van der Waals surface area (Å²) in [7, 11) is -3.48. The first-order valence-corrected chi connectivity index (χ1v) is 8.37. The topological polar surface area (TPSA) is 81.4 Å². The van der Waals surface area contributed by atoms with Gasteiger partial charge in [0.25, 0.3) is 0 Å². The smallest absolute Gasteiger partial charge is 0.240 e. The second kappa shape index (κ2) is 8.36.